The topological polar surface area (TPSA) is 63.7 Å². The van der Waals surface area contributed by atoms with Gasteiger partial charge in [-0.3, -0.25) is 8.98 Å². The summed E-state index contributed by atoms with van der Waals surface area (Å²) in [4.78, 5) is 15.1. The van der Waals surface area contributed by atoms with E-state index in [4.69, 9.17) is 4.18 Å². The van der Waals surface area contributed by atoms with Gasteiger partial charge in [0.25, 0.3) is 10.1 Å². The molecule has 1 aromatic rings. The monoisotopic (exact) mass is 391 g/mol. The number of hydrogen-bond donors (Lipinski definition) is 0. The molecule has 2 aliphatic carbocycles. The molecule has 2 unspecified atom stereocenters. The Kier molecular flexibility index (Phi) is 6.06. The molecule has 3 rings (SSSR count). The summed E-state index contributed by atoms with van der Waals surface area (Å²) >= 11 is 0. The molecule has 0 radical (unpaired) electrons. The lowest BCUT2D eigenvalue weighted by Gasteiger charge is -2.30. The van der Waals surface area contributed by atoms with Crippen LogP contribution >= 0.6 is 0 Å². The van der Waals surface area contributed by atoms with Gasteiger partial charge in [-0.15, -0.1) is 0 Å². The fraction of sp³-hybridized carbons (Fsp3) is 0.571. The Morgan fingerprint density at radius 3 is 2.59 bits per heavy atom. The van der Waals surface area contributed by atoms with Crippen molar-refractivity contribution in [1.29, 1.82) is 0 Å². The Hall–Kier alpha value is -1.66. The minimum absolute atomic E-state index is 0.0874. The maximum absolute atomic E-state index is 13.2. The van der Waals surface area contributed by atoms with Gasteiger partial charge in [0.15, 0.2) is 0 Å². The molecule has 2 atom stereocenters. The average Bonchev–Trinajstić information content (AvgIpc) is 2.96. The van der Waals surface area contributed by atoms with Crippen LogP contribution < -0.4 is 0 Å². The van der Waals surface area contributed by atoms with Crippen LogP contribution in [-0.4, -0.2) is 45.2 Å². The highest BCUT2D eigenvalue weighted by Gasteiger charge is 2.40. The normalized spacial score (nSPS) is 21.7. The summed E-state index contributed by atoms with van der Waals surface area (Å²) in [6.07, 6.45) is 4.55. The Balaban J connectivity index is 1.94. The van der Waals surface area contributed by atoms with E-state index in [-0.39, 0.29) is 24.3 Å². The van der Waals surface area contributed by atoms with Crippen LogP contribution in [0.4, 0.5) is 0 Å². The van der Waals surface area contributed by atoms with Crippen LogP contribution in [0.1, 0.15) is 56.6 Å². The van der Waals surface area contributed by atoms with E-state index in [0.717, 1.165) is 38.6 Å². The summed E-state index contributed by atoms with van der Waals surface area (Å²) in [5, 5.41) is 0. The van der Waals surface area contributed by atoms with Crippen LogP contribution in [0.5, 0.6) is 0 Å². The van der Waals surface area contributed by atoms with Crippen molar-refractivity contribution in [3.8, 4) is 0 Å². The van der Waals surface area contributed by atoms with Gasteiger partial charge in [0.05, 0.1) is 18.8 Å². The van der Waals surface area contributed by atoms with E-state index in [1.807, 2.05) is 30.9 Å². The highest BCUT2D eigenvalue weighted by Crippen LogP contribution is 2.52. The third-order valence-electron chi connectivity index (χ3n) is 5.76. The number of amides is 1. The van der Waals surface area contributed by atoms with Gasteiger partial charge in [-0.1, -0.05) is 29.8 Å². The maximum Gasteiger partial charge on any atom is 0.264 e. The summed E-state index contributed by atoms with van der Waals surface area (Å²) < 4.78 is 27.7. The molecule has 0 saturated heterocycles. The molecular weight excluding hydrogens is 362 g/mol. The first-order valence-electron chi connectivity index (χ1n) is 9.82. The third-order valence-corrected chi connectivity index (χ3v) is 6.35. The lowest BCUT2D eigenvalue weighted by atomic mass is 9.79. The van der Waals surface area contributed by atoms with Gasteiger partial charge in [-0.05, 0) is 56.2 Å². The fourth-order valence-electron chi connectivity index (χ4n) is 4.61. The van der Waals surface area contributed by atoms with Crippen molar-refractivity contribution in [1.82, 2.24) is 4.90 Å². The van der Waals surface area contributed by atoms with E-state index in [0.29, 0.717) is 6.42 Å². The highest BCUT2D eigenvalue weighted by atomic mass is 32.2. The fourth-order valence-corrected chi connectivity index (χ4v) is 5.00. The van der Waals surface area contributed by atoms with Crippen LogP contribution in [0, 0.1) is 5.92 Å². The molecule has 0 saturated carbocycles. The van der Waals surface area contributed by atoms with Gasteiger partial charge >= 0.3 is 0 Å². The highest BCUT2D eigenvalue weighted by molar-refractivity contribution is 7.85. The summed E-state index contributed by atoms with van der Waals surface area (Å²) in [6.45, 7) is 5.66. The molecule has 0 heterocycles. The van der Waals surface area contributed by atoms with Crippen molar-refractivity contribution in [2.75, 3.05) is 26.0 Å². The number of hydrogen-bond acceptors (Lipinski definition) is 4. The van der Waals surface area contributed by atoms with Crippen molar-refractivity contribution >= 4 is 21.6 Å². The predicted molar refractivity (Wildman–Crippen MR) is 107 cm³/mol. The maximum atomic E-state index is 13.2. The number of rotatable bonds is 7. The molecule has 0 fully saturated rings. The quantitative estimate of drug-likeness (QED) is 0.667. The number of carbonyl (C=O) groups is 1. The van der Waals surface area contributed by atoms with Crippen LogP contribution in [0.3, 0.4) is 0 Å². The van der Waals surface area contributed by atoms with Crippen molar-refractivity contribution < 1.29 is 17.4 Å². The van der Waals surface area contributed by atoms with Crippen molar-refractivity contribution in [3.63, 3.8) is 0 Å². The molecule has 27 heavy (non-hydrogen) atoms. The zero-order valence-electron chi connectivity index (χ0n) is 16.4. The number of fused-ring (bicyclic) bond motifs is 2. The second-order valence-corrected chi connectivity index (χ2v) is 8.99. The Morgan fingerprint density at radius 2 is 1.93 bits per heavy atom. The Labute approximate surface area is 162 Å². The van der Waals surface area contributed by atoms with Gasteiger partial charge in [-0.2, -0.15) is 8.42 Å². The van der Waals surface area contributed by atoms with E-state index in [1.54, 1.807) is 0 Å². The number of nitrogens with zero attached hydrogens (tertiary/aromatic N) is 1. The van der Waals surface area contributed by atoms with Crippen molar-refractivity contribution in [3.05, 3.63) is 41.0 Å². The van der Waals surface area contributed by atoms with Crippen LogP contribution in [0.2, 0.25) is 0 Å². The van der Waals surface area contributed by atoms with E-state index < -0.39 is 10.1 Å². The molecule has 0 aliphatic heterocycles. The number of benzene rings is 1. The molecule has 1 amide bonds. The molecule has 0 N–H and O–H groups in total. The molecule has 5 nitrogen and oxygen atoms in total. The number of carbonyl (C=O) groups excluding carboxylic acids is 1. The van der Waals surface area contributed by atoms with Crippen molar-refractivity contribution in [2.45, 2.75) is 45.4 Å². The van der Waals surface area contributed by atoms with Crippen LogP contribution in [0.15, 0.2) is 29.8 Å². The van der Waals surface area contributed by atoms with Gasteiger partial charge in [0, 0.05) is 19.0 Å². The Bertz CT molecular complexity index is 839. The molecule has 2 aliphatic rings. The molecule has 0 spiro atoms. The first kappa shape index (κ1) is 20.1. The van der Waals surface area contributed by atoms with E-state index in [2.05, 4.69) is 12.1 Å². The molecule has 6 heteroatoms. The lowest BCUT2D eigenvalue weighted by Crippen LogP contribution is -2.37. The molecule has 0 bridgehead atoms. The SMILES string of the molecule is CCN(CC)C(=O)C1CCCC2=C1c1ccccc1C2CCOS(C)(=O)=O. The van der Waals surface area contributed by atoms with Gasteiger partial charge < -0.3 is 4.90 Å². The van der Waals surface area contributed by atoms with Gasteiger partial charge in [-0.25, -0.2) is 0 Å². The summed E-state index contributed by atoms with van der Waals surface area (Å²) in [5.41, 5.74) is 4.88. The number of allylic oxidation sites excluding steroid dienone is 1. The molecule has 0 aromatic heterocycles. The smallest absolute Gasteiger partial charge is 0.264 e. The standard InChI is InChI=1S/C21H29NO4S/c1-4-22(5-2)21(23)19-12-8-11-18-16(13-14-26-27(3,24)25)15-9-6-7-10-17(15)20(18)19/h6-7,9-10,16,19H,4-5,8,11-14H2,1-3H3. The summed E-state index contributed by atoms with van der Waals surface area (Å²) in [5.74, 6) is 0.274. The van der Waals surface area contributed by atoms with E-state index >= 15 is 0 Å². The largest absolute Gasteiger partial charge is 0.343 e. The van der Waals surface area contributed by atoms with Crippen LogP contribution in [-0.2, 0) is 19.1 Å². The average molecular weight is 392 g/mol. The summed E-state index contributed by atoms with van der Waals surface area (Å²) in [6, 6.07) is 8.25. The first-order chi connectivity index (χ1) is 12.9. The second-order valence-electron chi connectivity index (χ2n) is 7.35. The summed E-state index contributed by atoms with van der Waals surface area (Å²) in [7, 11) is -3.44. The zero-order chi connectivity index (χ0) is 19.6. The Morgan fingerprint density at radius 1 is 1.22 bits per heavy atom. The van der Waals surface area contributed by atoms with Gasteiger partial charge in [0.1, 0.15) is 0 Å². The first-order valence-corrected chi connectivity index (χ1v) is 11.6. The van der Waals surface area contributed by atoms with E-state index in [1.165, 1.54) is 22.3 Å². The minimum atomic E-state index is -3.44. The third kappa shape index (κ3) is 4.11. The molecule has 148 valence electrons. The molecule has 1 aromatic carbocycles. The minimum Gasteiger partial charge on any atom is -0.343 e. The van der Waals surface area contributed by atoms with Crippen LogP contribution in [0.25, 0.3) is 5.57 Å². The predicted octanol–water partition coefficient (Wildman–Crippen LogP) is 3.57. The second kappa shape index (κ2) is 8.15. The lowest BCUT2D eigenvalue weighted by molar-refractivity contribution is -0.133. The van der Waals surface area contributed by atoms with Gasteiger partial charge in [0.2, 0.25) is 5.91 Å². The van der Waals surface area contributed by atoms with Crippen molar-refractivity contribution in [2.24, 2.45) is 5.92 Å². The zero-order valence-corrected chi connectivity index (χ0v) is 17.2. The molecular formula is C21H29NO4S. The van der Waals surface area contributed by atoms with E-state index in [9.17, 15) is 13.2 Å².